The van der Waals surface area contributed by atoms with Crippen LogP contribution in [0.4, 0.5) is 0 Å². The van der Waals surface area contributed by atoms with Crippen LogP contribution in [0.15, 0.2) is 24.3 Å². The van der Waals surface area contributed by atoms with Gasteiger partial charge in [-0.15, -0.1) is 0 Å². The molecule has 3 rings (SSSR count). The number of carbonyl (C=O) groups is 1. The minimum absolute atomic E-state index is 0.0625. The summed E-state index contributed by atoms with van der Waals surface area (Å²) in [6.07, 6.45) is 2.28. The van der Waals surface area contributed by atoms with E-state index in [1.807, 2.05) is 31.2 Å². The van der Waals surface area contributed by atoms with Gasteiger partial charge in [-0.2, -0.15) is 0 Å². The Bertz CT molecular complexity index is 875. The van der Waals surface area contributed by atoms with E-state index in [1.165, 1.54) is 10.6 Å². The van der Waals surface area contributed by atoms with Crippen LogP contribution in [0, 0.1) is 6.92 Å². The van der Waals surface area contributed by atoms with Crippen molar-refractivity contribution >= 4 is 27.0 Å². The summed E-state index contributed by atoms with van der Waals surface area (Å²) in [6, 6.07) is 7.90. The molecule has 8 heteroatoms. The molecule has 2 aromatic rings. The minimum atomic E-state index is -3.19. The number of aryl methyl sites for hydroxylation is 2. The highest BCUT2D eigenvalue weighted by molar-refractivity contribution is 7.88. The Morgan fingerprint density at radius 3 is 2.68 bits per heavy atom. The minimum Gasteiger partial charge on any atom is -0.341 e. The van der Waals surface area contributed by atoms with Gasteiger partial charge in [-0.3, -0.25) is 4.79 Å². The van der Waals surface area contributed by atoms with E-state index in [-0.39, 0.29) is 5.91 Å². The Morgan fingerprint density at radius 2 is 1.92 bits per heavy atom. The van der Waals surface area contributed by atoms with Crippen LogP contribution >= 0.6 is 0 Å². The van der Waals surface area contributed by atoms with Crippen LogP contribution in [0.5, 0.6) is 0 Å². The molecule has 0 N–H and O–H groups in total. The third-order valence-electron chi connectivity index (χ3n) is 4.67. The number of imidazole rings is 1. The zero-order chi connectivity index (χ0) is 18.0. The standard InChI is InChI=1S/C17H24N4O3S/c1-14-18-15-6-3-4-7-16(15)21(14)11-8-17(22)19-9-5-10-20(13-12-19)25(2,23)24/h3-4,6-7H,5,8-13H2,1-2H3. The van der Waals surface area contributed by atoms with Crippen molar-refractivity contribution in [2.75, 3.05) is 32.4 Å². The molecule has 0 radical (unpaired) electrons. The molecule has 0 aliphatic carbocycles. The second kappa shape index (κ2) is 7.13. The lowest BCUT2D eigenvalue weighted by Crippen LogP contribution is -2.37. The van der Waals surface area contributed by atoms with Crippen molar-refractivity contribution in [3.8, 4) is 0 Å². The van der Waals surface area contributed by atoms with Gasteiger partial charge < -0.3 is 9.47 Å². The Balaban J connectivity index is 1.63. The van der Waals surface area contributed by atoms with Gasteiger partial charge in [0.2, 0.25) is 15.9 Å². The number of aromatic nitrogens is 2. The molecule has 1 saturated heterocycles. The summed E-state index contributed by atoms with van der Waals surface area (Å²) < 4.78 is 26.9. The van der Waals surface area contributed by atoms with Gasteiger partial charge in [0.25, 0.3) is 0 Å². The molecule has 0 bridgehead atoms. The van der Waals surface area contributed by atoms with Crippen LogP contribution in [0.3, 0.4) is 0 Å². The lowest BCUT2D eigenvalue weighted by Gasteiger charge is -2.21. The molecular weight excluding hydrogens is 340 g/mol. The van der Waals surface area contributed by atoms with Gasteiger partial charge in [0.15, 0.2) is 0 Å². The summed E-state index contributed by atoms with van der Waals surface area (Å²) in [5.41, 5.74) is 1.97. The predicted octanol–water partition coefficient (Wildman–Crippen LogP) is 1.23. The second-order valence-corrected chi connectivity index (χ2v) is 8.43. The van der Waals surface area contributed by atoms with E-state index in [9.17, 15) is 13.2 Å². The Kier molecular flexibility index (Phi) is 5.10. The quantitative estimate of drug-likeness (QED) is 0.818. The predicted molar refractivity (Wildman–Crippen MR) is 96.7 cm³/mol. The molecule has 2 heterocycles. The molecule has 136 valence electrons. The summed E-state index contributed by atoms with van der Waals surface area (Å²) in [5.74, 6) is 0.959. The molecule has 0 spiro atoms. The maximum atomic E-state index is 12.6. The maximum absolute atomic E-state index is 12.6. The van der Waals surface area contributed by atoms with Gasteiger partial charge >= 0.3 is 0 Å². The average Bonchev–Trinajstić information content (AvgIpc) is 2.74. The van der Waals surface area contributed by atoms with E-state index in [0.29, 0.717) is 45.6 Å². The molecule has 0 atom stereocenters. The molecule has 1 fully saturated rings. The van der Waals surface area contributed by atoms with Crippen molar-refractivity contribution in [1.29, 1.82) is 0 Å². The number of hydrogen-bond acceptors (Lipinski definition) is 4. The van der Waals surface area contributed by atoms with Gasteiger partial charge in [0.05, 0.1) is 17.3 Å². The number of sulfonamides is 1. The van der Waals surface area contributed by atoms with Crippen molar-refractivity contribution < 1.29 is 13.2 Å². The highest BCUT2D eigenvalue weighted by atomic mass is 32.2. The van der Waals surface area contributed by atoms with Crippen molar-refractivity contribution in [2.24, 2.45) is 0 Å². The third-order valence-corrected chi connectivity index (χ3v) is 5.97. The number of nitrogens with zero attached hydrogens (tertiary/aromatic N) is 4. The first-order chi connectivity index (χ1) is 11.9. The molecule has 1 aliphatic heterocycles. The summed E-state index contributed by atoms with van der Waals surface area (Å²) in [5, 5.41) is 0. The molecule has 1 aromatic carbocycles. The highest BCUT2D eigenvalue weighted by Crippen LogP contribution is 2.16. The largest absolute Gasteiger partial charge is 0.341 e. The number of fused-ring (bicyclic) bond motifs is 1. The summed E-state index contributed by atoms with van der Waals surface area (Å²) in [4.78, 5) is 18.9. The first-order valence-electron chi connectivity index (χ1n) is 8.51. The second-order valence-electron chi connectivity index (χ2n) is 6.45. The fourth-order valence-electron chi connectivity index (χ4n) is 3.32. The zero-order valence-corrected chi connectivity index (χ0v) is 15.5. The van der Waals surface area contributed by atoms with Crippen LogP contribution in [-0.4, -0.2) is 65.5 Å². The lowest BCUT2D eigenvalue weighted by atomic mass is 10.3. The fraction of sp³-hybridized carbons (Fsp3) is 0.529. The Morgan fingerprint density at radius 1 is 1.16 bits per heavy atom. The van der Waals surface area contributed by atoms with Crippen LogP contribution in [-0.2, 0) is 21.4 Å². The number of carbonyl (C=O) groups excluding carboxylic acids is 1. The normalized spacial score (nSPS) is 17.0. The fourth-order valence-corrected chi connectivity index (χ4v) is 4.19. The number of rotatable bonds is 4. The van der Waals surface area contributed by atoms with Crippen molar-refractivity contribution in [3.05, 3.63) is 30.1 Å². The molecule has 25 heavy (non-hydrogen) atoms. The average molecular weight is 364 g/mol. The summed E-state index contributed by atoms with van der Waals surface area (Å²) in [7, 11) is -3.19. The van der Waals surface area contributed by atoms with Crippen LogP contribution in [0.1, 0.15) is 18.7 Å². The zero-order valence-electron chi connectivity index (χ0n) is 14.7. The van der Waals surface area contributed by atoms with Gasteiger partial charge in [0, 0.05) is 39.1 Å². The van der Waals surface area contributed by atoms with E-state index < -0.39 is 10.0 Å². The highest BCUT2D eigenvalue weighted by Gasteiger charge is 2.23. The Labute approximate surface area is 148 Å². The van der Waals surface area contributed by atoms with Crippen molar-refractivity contribution in [1.82, 2.24) is 18.8 Å². The topological polar surface area (TPSA) is 75.5 Å². The number of para-hydroxylation sites is 2. The molecular formula is C17H24N4O3S. The number of amides is 1. The Hall–Kier alpha value is -1.93. The third kappa shape index (κ3) is 4.01. The molecule has 1 aliphatic rings. The smallest absolute Gasteiger partial charge is 0.224 e. The van der Waals surface area contributed by atoms with E-state index in [2.05, 4.69) is 9.55 Å². The van der Waals surface area contributed by atoms with Crippen LogP contribution < -0.4 is 0 Å². The van der Waals surface area contributed by atoms with Crippen molar-refractivity contribution in [2.45, 2.75) is 26.3 Å². The summed E-state index contributed by atoms with van der Waals surface area (Å²) in [6.45, 7) is 4.44. The first-order valence-corrected chi connectivity index (χ1v) is 10.4. The van der Waals surface area contributed by atoms with Gasteiger partial charge in [-0.05, 0) is 25.5 Å². The van der Waals surface area contributed by atoms with E-state index >= 15 is 0 Å². The number of hydrogen-bond donors (Lipinski definition) is 0. The monoisotopic (exact) mass is 364 g/mol. The molecule has 0 unspecified atom stereocenters. The van der Waals surface area contributed by atoms with E-state index in [4.69, 9.17) is 0 Å². The number of benzene rings is 1. The van der Waals surface area contributed by atoms with Crippen LogP contribution in [0.25, 0.3) is 11.0 Å². The molecule has 1 aromatic heterocycles. The van der Waals surface area contributed by atoms with Crippen molar-refractivity contribution in [3.63, 3.8) is 0 Å². The van der Waals surface area contributed by atoms with Gasteiger partial charge in [-0.1, -0.05) is 12.1 Å². The molecule has 1 amide bonds. The molecule has 0 saturated carbocycles. The van der Waals surface area contributed by atoms with Gasteiger partial charge in [0.1, 0.15) is 5.82 Å². The van der Waals surface area contributed by atoms with E-state index in [1.54, 1.807) is 4.90 Å². The SMILES string of the molecule is Cc1nc2ccccc2n1CCC(=O)N1CCCN(S(C)(=O)=O)CC1. The maximum Gasteiger partial charge on any atom is 0.224 e. The van der Waals surface area contributed by atoms with Crippen LogP contribution in [0.2, 0.25) is 0 Å². The lowest BCUT2D eigenvalue weighted by molar-refractivity contribution is -0.131. The van der Waals surface area contributed by atoms with E-state index in [0.717, 1.165) is 16.9 Å². The summed E-state index contributed by atoms with van der Waals surface area (Å²) >= 11 is 0. The first kappa shape index (κ1) is 17.9. The molecule has 7 nitrogen and oxygen atoms in total. The van der Waals surface area contributed by atoms with Gasteiger partial charge in [-0.25, -0.2) is 17.7 Å².